The number of phenolic OH excluding ortho intramolecular Hbond substituents is 1. The monoisotopic (exact) mass is 454 g/mol. The average Bonchev–Trinajstić information content (AvgIpc) is 2.77. The lowest BCUT2D eigenvalue weighted by molar-refractivity contribution is -0.127. The van der Waals surface area contributed by atoms with Crippen LogP contribution in [0.1, 0.15) is 37.3 Å². The van der Waals surface area contributed by atoms with Crippen LogP contribution in [0.2, 0.25) is 0 Å². The Balaban J connectivity index is 1.67. The number of nitrogens with two attached hydrogens (primary N) is 1. The van der Waals surface area contributed by atoms with E-state index in [-0.39, 0.29) is 29.6 Å². The van der Waals surface area contributed by atoms with E-state index >= 15 is 0 Å². The molecule has 1 aliphatic carbocycles. The van der Waals surface area contributed by atoms with E-state index in [9.17, 15) is 18.7 Å². The first kappa shape index (κ1) is 21.6. The van der Waals surface area contributed by atoms with Crippen molar-refractivity contribution in [2.45, 2.75) is 37.7 Å². The molecule has 1 amide bonds. The van der Waals surface area contributed by atoms with Gasteiger partial charge in [0.15, 0.2) is 11.6 Å². The second-order valence-corrected chi connectivity index (χ2v) is 8.73. The number of benzene rings is 2. The van der Waals surface area contributed by atoms with Gasteiger partial charge in [0.2, 0.25) is 11.8 Å². The average molecular weight is 454 g/mol. The molecule has 172 valence electrons. The number of halogens is 2. The highest BCUT2D eigenvalue weighted by Gasteiger charge is 2.36. The Labute approximate surface area is 189 Å². The number of amides is 1. The summed E-state index contributed by atoms with van der Waals surface area (Å²) >= 11 is 0. The number of primary amides is 1. The molecule has 1 saturated carbocycles. The molecule has 2 aromatic carbocycles. The predicted molar refractivity (Wildman–Crippen MR) is 118 cm³/mol. The Morgan fingerprint density at radius 1 is 1.06 bits per heavy atom. The third-order valence-electron chi connectivity index (χ3n) is 6.57. The second kappa shape index (κ2) is 8.59. The van der Waals surface area contributed by atoms with Crippen LogP contribution in [0.15, 0.2) is 36.4 Å². The summed E-state index contributed by atoms with van der Waals surface area (Å²) in [5, 5.41) is 11.4. The zero-order valence-electron chi connectivity index (χ0n) is 17.9. The van der Waals surface area contributed by atoms with E-state index in [1.54, 1.807) is 18.2 Å². The van der Waals surface area contributed by atoms with E-state index in [4.69, 9.17) is 20.2 Å². The van der Waals surface area contributed by atoms with Crippen LogP contribution in [0.5, 0.6) is 11.6 Å². The van der Waals surface area contributed by atoms with Crippen molar-refractivity contribution in [1.29, 1.82) is 0 Å². The summed E-state index contributed by atoms with van der Waals surface area (Å²) in [7, 11) is 0. The fourth-order valence-electron chi connectivity index (χ4n) is 4.65. The van der Waals surface area contributed by atoms with E-state index in [2.05, 4.69) is 0 Å². The Kier molecular flexibility index (Phi) is 5.62. The van der Waals surface area contributed by atoms with Crippen LogP contribution < -0.4 is 10.5 Å². The van der Waals surface area contributed by atoms with E-state index < -0.39 is 11.6 Å². The summed E-state index contributed by atoms with van der Waals surface area (Å²) in [5.74, 6) is -2.00. The number of hydrogen-bond acceptors (Lipinski definition) is 5. The molecule has 2 heterocycles. The largest absolute Gasteiger partial charge is 0.508 e. The van der Waals surface area contributed by atoms with Crippen LogP contribution >= 0.6 is 0 Å². The normalized spacial score (nSPS) is 21.0. The molecule has 0 spiro atoms. The van der Waals surface area contributed by atoms with Crippen molar-refractivity contribution in [3.8, 4) is 22.8 Å². The minimum absolute atomic E-state index is 0.0350. The second-order valence-electron chi connectivity index (χ2n) is 8.73. The van der Waals surface area contributed by atoms with Crippen molar-refractivity contribution in [3.63, 3.8) is 0 Å². The topological polar surface area (TPSA) is 94.7 Å². The summed E-state index contributed by atoms with van der Waals surface area (Å²) < 4.78 is 39.6. The fourth-order valence-corrected chi connectivity index (χ4v) is 4.65. The van der Waals surface area contributed by atoms with Gasteiger partial charge in [0, 0.05) is 36.0 Å². The minimum Gasteiger partial charge on any atom is -0.508 e. The van der Waals surface area contributed by atoms with Crippen LogP contribution in [-0.4, -0.2) is 35.3 Å². The molecule has 5 rings (SSSR count). The van der Waals surface area contributed by atoms with Crippen LogP contribution in [0.3, 0.4) is 0 Å². The molecule has 1 aromatic heterocycles. The minimum atomic E-state index is -0.940. The van der Waals surface area contributed by atoms with Gasteiger partial charge < -0.3 is 20.3 Å². The van der Waals surface area contributed by atoms with Crippen molar-refractivity contribution in [2.75, 3.05) is 13.2 Å². The summed E-state index contributed by atoms with van der Waals surface area (Å²) in [6.07, 6.45) is 2.28. The van der Waals surface area contributed by atoms with Crippen LogP contribution in [0.4, 0.5) is 8.78 Å². The first-order chi connectivity index (χ1) is 15.9. The van der Waals surface area contributed by atoms with Crippen molar-refractivity contribution < 1.29 is 28.2 Å². The number of carbonyl (C=O) groups excluding carboxylic acids is 1. The van der Waals surface area contributed by atoms with Gasteiger partial charge in [-0.05, 0) is 67.0 Å². The molecule has 0 unspecified atom stereocenters. The SMILES string of the molecule is NC(=O)[C@H]1C[C@H](Oc2nc(C3CCOCC3)c(-c3ccc(F)c(F)c3)c3ccc(O)cc23)C1. The van der Waals surface area contributed by atoms with Gasteiger partial charge in [-0.1, -0.05) is 6.07 Å². The van der Waals surface area contributed by atoms with Crippen molar-refractivity contribution in [1.82, 2.24) is 4.98 Å². The van der Waals surface area contributed by atoms with Crippen molar-refractivity contribution >= 4 is 16.7 Å². The zero-order valence-corrected chi connectivity index (χ0v) is 17.9. The molecule has 8 heteroatoms. The first-order valence-corrected chi connectivity index (χ1v) is 11.1. The smallest absolute Gasteiger partial charge is 0.222 e. The number of fused-ring (bicyclic) bond motifs is 1. The summed E-state index contributed by atoms with van der Waals surface area (Å²) in [5.41, 5.74) is 7.29. The maximum absolute atomic E-state index is 14.2. The lowest BCUT2D eigenvalue weighted by atomic mass is 9.82. The Morgan fingerprint density at radius 3 is 2.52 bits per heavy atom. The maximum Gasteiger partial charge on any atom is 0.222 e. The third-order valence-corrected chi connectivity index (χ3v) is 6.57. The van der Waals surface area contributed by atoms with Crippen LogP contribution in [0.25, 0.3) is 21.9 Å². The molecule has 1 aliphatic heterocycles. The lowest BCUT2D eigenvalue weighted by Gasteiger charge is -2.33. The van der Waals surface area contributed by atoms with Gasteiger partial charge in [0.25, 0.3) is 0 Å². The number of pyridine rings is 1. The van der Waals surface area contributed by atoms with Gasteiger partial charge in [-0.3, -0.25) is 4.79 Å². The van der Waals surface area contributed by atoms with E-state index in [0.717, 1.165) is 30.0 Å². The Bertz CT molecular complexity index is 1220. The van der Waals surface area contributed by atoms with E-state index in [1.807, 2.05) is 0 Å². The third kappa shape index (κ3) is 4.11. The van der Waals surface area contributed by atoms with Gasteiger partial charge in [-0.25, -0.2) is 13.8 Å². The summed E-state index contributed by atoms with van der Waals surface area (Å²) in [6, 6.07) is 8.66. The molecule has 3 aromatic rings. The molecule has 2 fully saturated rings. The quantitative estimate of drug-likeness (QED) is 0.595. The number of aromatic nitrogens is 1. The van der Waals surface area contributed by atoms with Crippen LogP contribution in [-0.2, 0) is 9.53 Å². The Morgan fingerprint density at radius 2 is 1.82 bits per heavy atom. The van der Waals surface area contributed by atoms with Gasteiger partial charge in [0.1, 0.15) is 11.9 Å². The highest BCUT2D eigenvalue weighted by Crippen LogP contribution is 2.43. The molecule has 33 heavy (non-hydrogen) atoms. The number of nitrogens with zero attached hydrogens (tertiary/aromatic N) is 1. The lowest BCUT2D eigenvalue weighted by Crippen LogP contribution is -2.41. The number of rotatable bonds is 5. The van der Waals surface area contributed by atoms with Gasteiger partial charge in [-0.2, -0.15) is 0 Å². The maximum atomic E-state index is 14.2. The fraction of sp³-hybridized carbons (Fsp3) is 0.360. The molecule has 1 saturated heterocycles. The molecular weight excluding hydrogens is 430 g/mol. The molecule has 6 nitrogen and oxygen atoms in total. The zero-order chi connectivity index (χ0) is 23.1. The number of aromatic hydroxyl groups is 1. The van der Waals surface area contributed by atoms with Gasteiger partial charge in [-0.15, -0.1) is 0 Å². The Hall–Kier alpha value is -3.26. The van der Waals surface area contributed by atoms with Gasteiger partial charge in [0.05, 0.1) is 5.69 Å². The van der Waals surface area contributed by atoms with Crippen LogP contribution in [0, 0.1) is 17.6 Å². The molecule has 3 N–H and O–H groups in total. The molecule has 0 bridgehead atoms. The summed E-state index contributed by atoms with van der Waals surface area (Å²) in [4.78, 5) is 16.3. The number of hydrogen-bond donors (Lipinski definition) is 2. The molecule has 2 aliphatic rings. The van der Waals surface area contributed by atoms with Gasteiger partial charge >= 0.3 is 0 Å². The van der Waals surface area contributed by atoms with E-state index in [0.29, 0.717) is 48.4 Å². The first-order valence-electron chi connectivity index (χ1n) is 11.1. The molecular formula is C25H24F2N2O4. The predicted octanol–water partition coefficient (Wildman–Crippen LogP) is 4.42. The number of carbonyl (C=O) groups is 1. The molecule has 0 radical (unpaired) electrons. The van der Waals surface area contributed by atoms with E-state index in [1.165, 1.54) is 12.1 Å². The van der Waals surface area contributed by atoms with Crippen molar-refractivity contribution in [3.05, 3.63) is 53.7 Å². The highest BCUT2D eigenvalue weighted by molar-refractivity contribution is 6.01. The summed E-state index contributed by atoms with van der Waals surface area (Å²) in [6.45, 7) is 1.16. The highest BCUT2D eigenvalue weighted by atomic mass is 19.2. The van der Waals surface area contributed by atoms with Crippen molar-refractivity contribution in [2.24, 2.45) is 11.7 Å². The molecule has 0 atom stereocenters. The number of ether oxygens (including phenoxy) is 2. The standard InChI is InChI=1S/C25H24F2N2O4/c26-20-4-1-14(11-21(20)27)22-18-3-2-16(30)12-19(18)25(33-17-9-15(10-17)24(28)31)29-23(22)13-5-7-32-8-6-13/h1-4,11-13,15,17,30H,5-10H2,(H2,28,31)/t15-,17-. The number of phenols is 1.